The van der Waals surface area contributed by atoms with Crippen LogP contribution in [0.5, 0.6) is 0 Å². The van der Waals surface area contributed by atoms with Crippen LogP contribution in [0.25, 0.3) is 5.69 Å². The van der Waals surface area contributed by atoms with Gasteiger partial charge in [-0.15, -0.1) is 0 Å². The number of aryl methyl sites for hydroxylation is 1. The van der Waals surface area contributed by atoms with Crippen molar-refractivity contribution in [3.05, 3.63) is 90.8 Å². The number of rotatable bonds is 5. The van der Waals surface area contributed by atoms with Gasteiger partial charge in [0.15, 0.2) is 0 Å². The molecule has 0 bridgehead atoms. The molecule has 0 fully saturated rings. The summed E-state index contributed by atoms with van der Waals surface area (Å²) in [5.74, 6) is -0.633. The predicted molar refractivity (Wildman–Crippen MR) is 104 cm³/mol. The molecule has 142 valence electrons. The maximum atomic E-state index is 12.6. The zero-order valence-corrected chi connectivity index (χ0v) is 15.3. The summed E-state index contributed by atoms with van der Waals surface area (Å²) in [6.45, 7) is 1.69. The molecule has 28 heavy (non-hydrogen) atoms. The largest absolute Gasteiger partial charge is 0.295 e. The number of carbonyl (C=O) groups excluding carboxylic acids is 1. The molecular weight excluding hydrogens is 386 g/mol. The van der Waals surface area contributed by atoms with Crippen LogP contribution in [-0.4, -0.2) is 26.8 Å². The van der Waals surface area contributed by atoms with E-state index in [0.717, 1.165) is 6.07 Å². The number of amides is 1. The number of nitro groups is 1. The number of hydrogen-bond donors (Lipinski definition) is 2. The number of aromatic amines is 1. The molecule has 1 aromatic heterocycles. The molecule has 1 amide bonds. The molecule has 9 nitrogen and oxygen atoms in total. The molecule has 0 atom stereocenters. The van der Waals surface area contributed by atoms with Gasteiger partial charge >= 0.3 is 0 Å². The molecule has 0 aliphatic carbocycles. The third-order valence-corrected chi connectivity index (χ3v) is 4.13. The van der Waals surface area contributed by atoms with Crippen molar-refractivity contribution in [3.8, 4) is 5.69 Å². The molecule has 1 heterocycles. The summed E-state index contributed by atoms with van der Waals surface area (Å²) in [6.07, 6.45) is 1.22. The number of aromatic nitrogens is 2. The molecular formula is C18H14ClN5O4. The molecule has 2 aromatic carbocycles. The van der Waals surface area contributed by atoms with Crippen LogP contribution in [0.1, 0.15) is 21.6 Å². The minimum absolute atomic E-state index is 0.0794. The normalized spacial score (nSPS) is 10.9. The number of hydrogen-bond acceptors (Lipinski definition) is 5. The van der Waals surface area contributed by atoms with Crippen LogP contribution in [0.15, 0.2) is 58.4 Å². The lowest BCUT2D eigenvalue weighted by Crippen LogP contribution is -2.20. The molecule has 0 radical (unpaired) electrons. The van der Waals surface area contributed by atoms with Gasteiger partial charge in [-0.3, -0.25) is 24.8 Å². The molecule has 0 spiro atoms. The van der Waals surface area contributed by atoms with Crippen molar-refractivity contribution in [2.24, 2.45) is 5.10 Å². The zero-order chi connectivity index (χ0) is 20.3. The van der Waals surface area contributed by atoms with Crippen molar-refractivity contribution in [1.29, 1.82) is 0 Å². The Hall–Kier alpha value is -3.72. The van der Waals surface area contributed by atoms with Gasteiger partial charge in [-0.05, 0) is 37.3 Å². The van der Waals surface area contributed by atoms with Gasteiger partial charge in [0.25, 0.3) is 17.2 Å². The van der Waals surface area contributed by atoms with Gasteiger partial charge in [0.1, 0.15) is 0 Å². The molecule has 3 rings (SSSR count). The Morgan fingerprint density at radius 1 is 1.29 bits per heavy atom. The molecule has 0 aliphatic rings. The number of nitrogens with one attached hydrogen (secondary N) is 2. The highest BCUT2D eigenvalue weighted by atomic mass is 35.5. The Balaban J connectivity index is 1.79. The second-order valence-corrected chi connectivity index (χ2v) is 6.21. The van der Waals surface area contributed by atoms with Crippen LogP contribution < -0.4 is 11.0 Å². The molecule has 0 saturated heterocycles. The van der Waals surface area contributed by atoms with Crippen molar-refractivity contribution in [2.45, 2.75) is 6.92 Å². The molecule has 0 saturated carbocycles. The van der Waals surface area contributed by atoms with Crippen molar-refractivity contribution in [2.75, 3.05) is 0 Å². The minimum atomic E-state index is -0.633. The van der Waals surface area contributed by atoms with E-state index in [-0.39, 0.29) is 22.4 Å². The fraction of sp³-hybridized carbons (Fsp3) is 0.0556. The highest BCUT2D eigenvalue weighted by molar-refractivity contribution is 6.30. The van der Waals surface area contributed by atoms with Gasteiger partial charge in [-0.25, -0.2) is 10.1 Å². The number of non-ortho nitro benzene ring substituents is 1. The van der Waals surface area contributed by atoms with E-state index >= 15 is 0 Å². The van der Waals surface area contributed by atoms with E-state index in [4.69, 9.17) is 11.6 Å². The second-order valence-electron chi connectivity index (χ2n) is 5.77. The first-order chi connectivity index (χ1) is 13.4. The number of nitrogens with zero attached hydrogens (tertiary/aromatic N) is 3. The maximum absolute atomic E-state index is 12.6. The van der Waals surface area contributed by atoms with E-state index in [9.17, 15) is 19.7 Å². The Labute approximate surface area is 163 Å². The van der Waals surface area contributed by atoms with E-state index in [0.29, 0.717) is 16.4 Å². The molecule has 3 aromatic rings. The fourth-order valence-electron chi connectivity index (χ4n) is 2.46. The molecule has 0 aliphatic heterocycles. The summed E-state index contributed by atoms with van der Waals surface area (Å²) < 4.78 is 1.33. The number of H-pyrrole nitrogens is 1. The Morgan fingerprint density at radius 2 is 2.00 bits per heavy atom. The third-order valence-electron chi connectivity index (χ3n) is 3.88. The maximum Gasteiger partial charge on any atom is 0.280 e. The lowest BCUT2D eigenvalue weighted by atomic mass is 10.2. The summed E-state index contributed by atoms with van der Waals surface area (Å²) >= 11 is 5.85. The monoisotopic (exact) mass is 399 g/mol. The van der Waals surface area contributed by atoms with Crippen molar-refractivity contribution in [1.82, 2.24) is 15.2 Å². The standard InChI is InChI=1S/C18H14ClN5O4/c1-11-16(18(26)23(22-11)14-7-5-13(19)6-8-14)10-20-21-17(25)12-3-2-4-15(9-12)24(27)28/h2-10,22H,1H3,(H,21,25). The van der Waals surface area contributed by atoms with Crippen LogP contribution in [0.4, 0.5) is 5.69 Å². The predicted octanol–water partition coefficient (Wildman–Crippen LogP) is 2.80. The van der Waals surface area contributed by atoms with Gasteiger partial charge in [-0.2, -0.15) is 5.10 Å². The van der Waals surface area contributed by atoms with Crippen LogP contribution in [-0.2, 0) is 0 Å². The topological polar surface area (TPSA) is 122 Å². The van der Waals surface area contributed by atoms with Crippen molar-refractivity contribution in [3.63, 3.8) is 0 Å². The summed E-state index contributed by atoms with van der Waals surface area (Å²) in [6, 6.07) is 11.9. The number of halogens is 1. The first-order valence-electron chi connectivity index (χ1n) is 8.02. The van der Waals surface area contributed by atoms with Crippen molar-refractivity contribution >= 4 is 29.4 Å². The smallest absolute Gasteiger partial charge is 0.280 e. The van der Waals surface area contributed by atoms with E-state index in [1.807, 2.05) is 0 Å². The number of hydrazone groups is 1. The first kappa shape index (κ1) is 19.1. The summed E-state index contributed by atoms with van der Waals surface area (Å²) in [7, 11) is 0. The van der Waals surface area contributed by atoms with Gasteiger partial charge in [0, 0.05) is 28.4 Å². The average Bonchev–Trinajstić information content (AvgIpc) is 2.96. The summed E-state index contributed by atoms with van der Waals surface area (Å²) in [4.78, 5) is 34.8. The Morgan fingerprint density at radius 3 is 2.68 bits per heavy atom. The van der Waals surface area contributed by atoms with Gasteiger partial charge in [-0.1, -0.05) is 17.7 Å². The van der Waals surface area contributed by atoms with Crippen LogP contribution >= 0.6 is 11.6 Å². The van der Waals surface area contributed by atoms with Gasteiger partial charge in [0.2, 0.25) is 0 Å². The van der Waals surface area contributed by atoms with E-state index in [1.54, 1.807) is 31.2 Å². The van der Waals surface area contributed by atoms with E-state index in [2.05, 4.69) is 15.6 Å². The highest BCUT2D eigenvalue weighted by Gasteiger charge is 2.12. The molecule has 0 unspecified atom stereocenters. The third kappa shape index (κ3) is 3.99. The number of carbonyl (C=O) groups is 1. The molecule has 2 N–H and O–H groups in total. The zero-order valence-electron chi connectivity index (χ0n) is 14.5. The summed E-state index contributed by atoms with van der Waals surface area (Å²) in [5.41, 5.74) is 3.18. The quantitative estimate of drug-likeness (QED) is 0.389. The summed E-state index contributed by atoms with van der Waals surface area (Å²) in [5, 5.41) is 18.0. The highest BCUT2D eigenvalue weighted by Crippen LogP contribution is 2.13. The Bertz CT molecular complexity index is 1130. The van der Waals surface area contributed by atoms with Crippen LogP contribution in [0, 0.1) is 17.0 Å². The van der Waals surface area contributed by atoms with E-state index < -0.39 is 10.8 Å². The lowest BCUT2D eigenvalue weighted by molar-refractivity contribution is -0.384. The average molecular weight is 400 g/mol. The fourth-order valence-corrected chi connectivity index (χ4v) is 2.59. The first-order valence-corrected chi connectivity index (χ1v) is 8.40. The minimum Gasteiger partial charge on any atom is -0.295 e. The number of benzene rings is 2. The van der Waals surface area contributed by atoms with Gasteiger partial charge in [0.05, 0.1) is 22.4 Å². The van der Waals surface area contributed by atoms with Crippen molar-refractivity contribution < 1.29 is 9.72 Å². The second kappa shape index (κ2) is 7.89. The van der Waals surface area contributed by atoms with E-state index in [1.165, 1.54) is 29.1 Å². The number of nitro benzene ring substituents is 1. The Kier molecular flexibility index (Phi) is 5.37. The van der Waals surface area contributed by atoms with Crippen LogP contribution in [0.2, 0.25) is 5.02 Å². The van der Waals surface area contributed by atoms with Crippen LogP contribution in [0.3, 0.4) is 0 Å². The SMILES string of the molecule is Cc1[nH]n(-c2ccc(Cl)cc2)c(=O)c1C=NNC(=O)c1cccc([N+](=O)[O-])c1. The van der Waals surface area contributed by atoms with Gasteiger partial charge < -0.3 is 0 Å². The lowest BCUT2D eigenvalue weighted by Gasteiger charge is -2.00. The molecule has 10 heteroatoms.